The van der Waals surface area contributed by atoms with Crippen LogP contribution in [-0.4, -0.2) is 22.6 Å². The summed E-state index contributed by atoms with van der Waals surface area (Å²) in [6.07, 6.45) is 0.0796. The lowest BCUT2D eigenvalue weighted by Crippen LogP contribution is -2.23. The molecule has 6 heteroatoms. The van der Waals surface area contributed by atoms with Gasteiger partial charge >= 0.3 is 0 Å². The van der Waals surface area contributed by atoms with Crippen molar-refractivity contribution in [3.8, 4) is 0 Å². The minimum atomic E-state index is -0.359. The SMILES string of the molecule is CCN(Cc1ccccc1)c1ccc(NC(=O)Cc2cccc(F)c2)nn1. The summed E-state index contributed by atoms with van der Waals surface area (Å²) < 4.78 is 13.2. The van der Waals surface area contributed by atoms with Gasteiger partial charge in [-0.25, -0.2) is 4.39 Å². The number of rotatable bonds is 7. The molecular formula is C21H21FN4O. The number of nitrogens with zero attached hydrogens (tertiary/aromatic N) is 3. The number of hydrogen-bond donors (Lipinski definition) is 1. The van der Waals surface area contributed by atoms with Gasteiger partial charge in [0.15, 0.2) is 11.6 Å². The molecule has 0 spiro atoms. The average Bonchev–Trinajstić information content (AvgIpc) is 2.67. The third-order valence-corrected chi connectivity index (χ3v) is 4.09. The van der Waals surface area contributed by atoms with Crippen molar-refractivity contribution in [1.82, 2.24) is 10.2 Å². The van der Waals surface area contributed by atoms with Gasteiger partial charge in [0, 0.05) is 13.1 Å². The van der Waals surface area contributed by atoms with Gasteiger partial charge < -0.3 is 10.2 Å². The van der Waals surface area contributed by atoms with Crippen molar-refractivity contribution < 1.29 is 9.18 Å². The molecule has 5 nitrogen and oxygen atoms in total. The Bertz CT molecular complexity index is 884. The van der Waals surface area contributed by atoms with E-state index in [1.165, 1.54) is 17.7 Å². The molecule has 1 heterocycles. The number of carbonyl (C=O) groups excluding carboxylic acids is 1. The fourth-order valence-corrected chi connectivity index (χ4v) is 2.74. The van der Waals surface area contributed by atoms with Crippen molar-refractivity contribution in [3.63, 3.8) is 0 Å². The molecule has 2 aromatic carbocycles. The summed E-state index contributed by atoms with van der Waals surface area (Å²) in [5.41, 5.74) is 1.80. The zero-order valence-corrected chi connectivity index (χ0v) is 15.1. The highest BCUT2D eigenvalue weighted by atomic mass is 19.1. The highest BCUT2D eigenvalue weighted by molar-refractivity contribution is 5.91. The monoisotopic (exact) mass is 364 g/mol. The standard InChI is InChI=1S/C21H21FN4O/c1-2-26(15-16-7-4-3-5-8-16)20-12-11-19(24-25-20)23-21(27)14-17-9-6-10-18(22)13-17/h3-13H,2,14-15H2,1H3,(H,23,24,27). The number of benzene rings is 2. The van der Waals surface area contributed by atoms with Crippen LogP contribution in [0.3, 0.4) is 0 Å². The van der Waals surface area contributed by atoms with Crippen LogP contribution in [0, 0.1) is 5.82 Å². The largest absolute Gasteiger partial charge is 0.351 e. The predicted molar refractivity (Wildman–Crippen MR) is 104 cm³/mol. The van der Waals surface area contributed by atoms with E-state index in [0.717, 1.165) is 18.9 Å². The number of nitrogens with one attached hydrogen (secondary N) is 1. The number of aromatic nitrogens is 2. The quantitative estimate of drug-likeness (QED) is 0.692. The van der Waals surface area contributed by atoms with E-state index >= 15 is 0 Å². The topological polar surface area (TPSA) is 58.1 Å². The van der Waals surface area contributed by atoms with Crippen LogP contribution >= 0.6 is 0 Å². The van der Waals surface area contributed by atoms with E-state index in [1.54, 1.807) is 18.2 Å². The molecule has 1 N–H and O–H groups in total. The minimum Gasteiger partial charge on any atom is -0.351 e. The van der Waals surface area contributed by atoms with Crippen molar-refractivity contribution in [3.05, 3.63) is 83.7 Å². The fourth-order valence-electron chi connectivity index (χ4n) is 2.74. The Balaban J connectivity index is 1.61. The zero-order valence-electron chi connectivity index (χ0n) is 15.1. The molecule has 0 aliphatic rings. The lowest BCUT2D eigenvalue weighted by molar-refractivity contribution is -0.115. The van der Waals surface area contributed by atoms with Crippen LogP contribution in [0.4, 0.5) is 16.0 Å². The molecule has 0 saturated heterocycles. The molecular weight excluding hydrogens is 343 g/mol. The average molecular weight is 364 g/mol. The van der Waals surface area contributed by atoms with Gasteiger partial charge in [-0.1, -0.05) is 42.5 Å². The molecule has 0 radical (unpaired) electrons. The Hall–Kier alpha value is -3.28. The molecule has 3 rings (SSSR count). The number of hydrogen-bond acceptors (Lipinski definition) is 4. The molecule has 1 aromatic heterocycles. The van der Waals surface area contributed by atoms with E-state index in [9.17, 15) is 9.18 Å². The number of amides is 1. The molecule has 0 aliphatic heterocycles. The fraction of sp³-hybridized carbons (Fsp3) is 0.190. The second kappa shape index (κ2) is 8.89. The summed E-state index contributed by atoms with van der Waals surface area (Å²) in [4.78, 5) is 14.2. The van der Waals surface area contributed by atoms with E-state index in [-0.39, 0.29) is 18.1 Å². The normalized spacial score (nSPS) is 10.4. The van der Waals surface area contributed by atoms with Crippen LogP contribution in [0.5, 0.6) is 0 Å². The number of anilines is 2. The van der Waals surface area contributed by atoms with Gasteiger partial charge in [0.2, 0.25) is 5.91 Å². The zero-order chi connectivity index (χ0) is 19.1. The molecule has 0 aliphatic carbocycles. The molecule has 0 saturated carbocycles. The lowest BCUT2D eigenvalue weighted by atomic mass is 10.1. The molecule has 0 unspecified atom stereocenters. The van der Waals surface area contributed by atoms with Gasteiger partial charge in [0.25, 0.3) is 0 Å². The summed E-state index contributed by atoms with van der Waals surface area (Å²) in [6.45, 7) is 3.57. The molecule has 138 valence electrons. The smallest absolute Gasteiger partial charge is 0.229 e. The maximum absolute atomic E-state index is 13.2. The molecule has 0 bridgehead atoms. The van der Waals surface area contributed by atoms with Gasteiger partial charge in [0.1, 0.15) is 5.82 Å². The summed E-state index contributed by atoms with van der Waals surface area (Å²) >= 11 is 0. The van der Waals surface area contributed by atoms with E-state index in [2.05, 4.69) is 39.5 Å². The lowest BCUT2D eigenvalue weighted by Gasteiger charge is -2.21. The summed E-state index contributed by atoms with van der Waals surface area (Å²) in [5.74, 6) is 0.488. The summed E-state index contributed by atoms with van der Waals surface area (Å²) in [5, 5.41) is 11.0. The molecule has 0 fully saturated rings. The van der Waals surface area contributed by atoms with Crippen molar-refractivity contribution >= 4 is 17.5 Å². The van der Waals surface area contributed by atoms with E-state index in [1.807, 2.05) is 24.3 Å². The van der Waals surface area contributed by atoms with Gasteiger partial charge in [-0.2, -0.15) is 0 Å². The summed E-state index contributed by atoms with van der Waals surface area (Å²) in [7, 11) is 0. The number of halogens is 1. The first-order valence-corrected chi connectivity index (χ1v) is 8.81. The Morgan fingerprint density at radius 3 is 2.44 bits per heavy atom. The van der Waals surface area contributed by atoms with Crippen LogP contribution in [0.1, 0.15) is 18.1 Å². The van der Waals surface area contributed by atoms with Crippen LogP contribution in [0.15, 0.2) is 66.7 Å². The van der Waals surface area contributed by atoms with Crippen molar-refractivity contribution in [2.75, 3.05) is 16.8 Å². The van der Waals surface area contributed by atoms with Crippen LogP contribution < -0.4 is 10.2 Å². The van der Waals surface area contributed by atoms with Crippen LogP contribution in [0.25, 0.3) is 0 Å². The first kappa shape index (κ1) is 18.5. The molecule has 27 heavy (non-hydrogen) atoms. The second-order valence-corrected chi connectivity index (χ2v) is 6.13. The molecule has 3 aromatic rings. The Kier molecular flexibility index (Phi) is 6.10. The first-order chi connectivity index (χ1) is 13.1. The van der Waals surface area contributed by atoms with E-state index in [4.69, 9.17) is 0 Å². The second-order valence-electron chi connectivity index (χ2n) is 6.13. The van der Waals surface area contributed by atoms with Crippen molar-refractivity contribution in [2.24, 2.45) is 0 Å². The van der Waals surface area contributed by atoms with Crippen LogP contribution in [-0.2, 0) is 17.8 Å². The highest BCUT2D eigenvalue weighted by Gasteiger charge is 2.10. The Morgan fingerprint density at radius 1 is 1.00 bits per heavy atom. The third kappa shape index (κ3) is 5.34. The minimum absolute atomic E-state index is 0.0796. The van der Waals surface area contributed by atoms with Gasteiger partial charge in [0.05, 0.1) is 6.42 Å². The van der Waals surface area contributed by atoms with Gasteiger partial charge in [-0.15, -0.1) is 10.2 Å². The Labute approximate surface area is 157 Å². The first-order valence-electron chi connectivity index (χ1n) is 8.81. The van der Waals surface area contributed by atoms with Gasteiger partial charge in [-0.3, -0.25) is 4.79 Å². The van der Waals surface area contributed by atoms with E-state index < -0.39 is 0 Å². The molecule has 1 amide bonds. The molecule has 0 atom stereocenters. The third-order valence-electron chi connectivity index (χ3n) is 4.09. The van der Waals surface area contributed by atoms with Crippen molar-refractivity contribution in [1.29, 1.82) is 0 Å². The Morgan fingerprint density at radius 2 is 1.78 bits per heavy atom. The van der Waals surface area contributed by atoms with Crippen molar-refractivity contribution in [2.45, 2.75) is 19.9 Å². The van der Waals surface area contributed by atoms with E-state index in [0.29, 0.717) is 11.4 Å². The maximum Gasteiger partial charge on any atom is 0.229 e. The highest BCUT2D eigenvalue weighted by Crippen LogP contribution is 2.15. The predicted octanol–water partition coefficient (Wildman–Crippen LogP) is 3.82. The van der Waals surface area contributed by atoms with Crippen LogP contribution in [0.2, 0.25) is 0 Å². The maximum atomic E-state index is 13.2. The summed E-state index contributed by atoms with van der Waals surface area (Å²) in [6, 6.07) is 19.7. The number of carbonyl (C=O) groups is 1. The van der Waals surface area contributed by atoms with Gasteiger partial charge in [-0.05, 0) is 42.3 Å².